The normalized spacial score (nSPS) is 9.83. The van der Waals surface area contributed by atoms with Gasteiger partial charge in [0.15, 0.2) is 0 Å². The Morgan fingerprint density at radius 3 is 2.83 bits per heavy atom. The molecule has 1 aromatic heterocycles. The molecule has 0 aromatic carbocycles. The summed E-state index contributed by atoms with van der Waals surface area (Å²) in [4.78, 5) is 14.3. The molecule has 1 rings (SSSR count). The van der Waals surface area contributed by atoms with E-state index in [9.17, 15) is 4.79 Å². The number of carboxylic acids is 1. The first-order valence-corrected chi connectivity index (χ1v) is 3.44. The lowest BCUT2D eigenvalue weighted by Crippen LogP contribution is -2.11. The molecular weight excluding hydrogens is 160 g/mol. The molecule has 0 radical (unpaired) electrons. The maximum Gasteiger partial charge on any atom is 0.325 e. The summed E-state index contributed by atoms with van der Waals surface area (Å²) in [5, 5.41) is 15.1. The van der Waals surface area contributed by atoms with E-state index in [1.165, 1.54) is 4.68 Å². The number of anilines is 1. The second-order valence-electron chi connectivity index (χ2n) is 2.28. The molecule has 0 bridgehead atoms. The summed E-state index contributed by atoms with van der Waals surface area (Å²) in [7, 11) is 1.68. The highest BCUT2D eigenvalue weighted by atomic mass is 16.4. The Balaban J connectivity index is 2.84. The van der Waals surface area contributed by atoms with Crippen molar-refractivity contribution in [1.82, 2.24) is 14.8 Å². The minimum atomic E-state index is -0.925. The maximum absolute atomic E-state index is 10.3. The number of aryl methyl sites for hydroxylation is 1. The van der Waals surface area contributed by atoms with Crippen LogP contribution in [-0.2, 0) is 11.3 Å². The summed E-state index contributed by atoms with van der Waals surface area (Å²) in [5.74, 6) is 0.0983. The summed E-state index contributed by atoms with van der Waals surface area (Å²) >= 11 is 0. The van der Waals surface area contributed by atoms with Crippen molar-refractivity contribution < 1.29 is 9.90 Å². The van der Waals surface area contributed by atoms with Gasteiger partial charge in [0.1, 0.15) is 12.4 Å². The van der Waals surface area contributed by atoms with Crippen molar-refractivity contribution in [3.63, 3.8) is 0 Å². The number of carbonyl (C=O) groups is 1. The van der Waals surface area contributed by atoms with Gasteiger partial charge in [-0.05, 0) is 6.92 Å². The van der Waals surface area contributed by atoms with Crippen LogP contribution in [0.4, 0.5) is 5.95 Å². The van der Waals surface area contributed by atoms with Crippen molar-refractivity contribution in [1.29, 1.82) is 0 Å². The number of hydrogen-bond donors (Lipinski definition) is 2. The Morgan fingerprint density at radius 2 is 2.42 bits per heavy atom. The minimum Gasteiger partial charge on any atom is -0.480 e. The summed E-state index contributed by atoms with van der Waals surface area (Å²) in [6, 6.07) is 0. The summed E-state index contributed by atoms with van der Waals surface area (Å²) in [6.45, 7) is 1.55. The standard InChI is InChI=1S/C6H10N4O2/c1-4-8-6(7-2)9-10(4)3-5(11)12/h3H2,1-2H3,(H,7,9)(H,11,12). The molecule has 0 unspecified atom stereocenters. The van der Waals surface area contributed by atoms with E-state index in [2.05, 4.69) is 15.4 Å². The van der Waals surface area contributed by atoms with Gasteiger partial charge in [0.05, 0.1) is 0 Å². The third-order valence-electron chi connectivity index (χ3n) is 1.37. The molecule has 1 heterocycles. The molecule has 0 aliphatic rings. The van der Waals surface area contributed by atoms with Gasteiger partial charge in [0.2, 0.25) is 5.95 Å². The van der Waals surface area contributed by atoms with E-state index < -0.39 is 5.97 Å². The van der Waals surface area contributed by atoms with E-state index in [0.717, 1.165) is 0 Å². The molecule has 6 nitrogen and oxygen atoms in total. The Labute approximate surface area is 69.2 Å². The molecule has 0 saturated carbocycles. The first-order valence-electron chi connectivity index (χ1n) is 3.44. The van der Waals surface area contributed by atoms with Crippen molar-refractivity contribution in [2.45, 2.75) is 13.5 Å². The number of aromatic nitrogens is 3. The van der Waals surface area contributed by atoms with Gasteiger partial charge in [-0.2, -0.15) is 4.98 Å². The van der Waals surface area contributed by atoms with Crippen LogP contribution in [0, 0.1) is 6.92 Å². The lowest BCUT2D eigenvalue weighted by molar-refractivity contribution is -0.137. The van der Waals surface area contributed by atoms with Crippen LogP contribution in [-0.4, -0.2) is 32.9 Å². The smallest absolute Gasteiger partial charge is 0.325 e. The number of hydrogen-bond acceptors (Lipinski definition) is 4. The zero-order chi connectivity index (χ0) is 9.14. The van der Waals surface area contributed by atoms with E-state index in [0.29, 0.717) is 11.8 Å². The molecule has 1 aromatic rings. The van der Waals surface area contributed by atoms with Gasteiger partial charge in [0, 0.05) is 7.05 Å². The van der Waals surface area contributed by atoms with Crippen molar-refractivity contribution in [2.24, 2.45) is 0 Å². The van der Waals surface area contributed by atoms with Crippen LogP contribution >= 0.6 is 0 Å². The number of nitrogens with one attached hydrogen (secondary N) is 1. The largest absolute Gasteiger partial charge is 0.480 e. The lowest BCUT2D eigenvalue weighted by atomic mass is 10.6. The fraction of sp³-hybridized carbons (Fsp3) is 0.500. The molecule has 6 heteroatoms. The first kappa shape index (κ1) is 8.51. The second-order valence-corrected chi connectivity index (χ2v) is 2.28. The number of carboxylic acid groups (broad SMARTS) is 1. The average molecular weight is 170 g/mol. The van der Waals surface area contributed by atoms with E-state index in [1.54, 1.807) is 14.0 Å². The molecule has 0 amide bonds. The van der Waals surface area contributed by atoms with Crippen molar-refractivity contribution in [3.8, 4) is 0 Å². The van der Waals surface area contributed by atoms with Gasteiger partial charge in [-0.15, -0.1) is 5.10 Å². The van der Waals surface area contributed by atoms with Gasteiger partial charge >= 0.3 is 5.97 Å². The van der Waals surface area contributed by atoms with Crippen LogP contribution in [0.25, 0.3) is 0 Å². The van der Waals surface area contributed by atoms with Crippen LogP contribution in [0.15, 0.2) is 0 Å². The summed E-state index contributed by atoms with van der Waals surface area (Å²) < 4.78 is 1.33. The molecule has 66 valence electrons. The molecule has 0 fully saturated rings. The summed E-state index contributed by atoms with van der Waals surface area (Å²) in [5.41, 5.74) is 0. The molecule has 0 saturated heterocycles. The summed E-state index contributed by atoms with van der Waals surface area (Å²) in [6.07, 6.45) is 0. The Hall–Kier alpha value is -1.59. The molecule has 0 aliphatic carbocycles. The number of nitrogens with zero attached hydrogens (tertiary/aromatic N) is 3. The fourth-order valence-electron chi connectivity index (χ4n) is 0.804. The highest BCUT2D eigenvalue weighted by Gasteiger charge is 2.06. The van der Waals surface area contributed by atoms with Crippen LogP contribution in [0.3, 0.4) is 0 Å². The Kier molecular flexibility index (Phi) is 2.27. The number of rotatable bonds is 3. The molecule has 0 aliphatic heterocycles. The maximum atomic E-state index is 10.3. The molecular formula is C6H10N4O2. The van der Waals surface area contributed by atoms with Crippen LogP contribution in [0.2, 0.25) is 0 Å². The molecule has 0 spiro atoms. The first-order chi connectivity index (χ1) is 5.63. The third-order valence-corrected chi connectivity index (χ3v) is 1.37. The van der Waals surface area contributed by atoms with Crippen LogP contribution in [0.1, 0.15) is 5.82 Å². The number of aliphatic carboxylic acids is 1. The SMILES string of the molecule is CNc1nc(C)n(CC(=O)O)n1. The zero-order valence-electron chi connectivity index (χ0n) is 6.90. The topological polar surface area (TPSA) is 80.0 Å². The van der Waals surface area contributed by atoms with E-state index >= 15 is 0 Å². The quantitative estimate of drug-likeness (QED) is 0.651. The second kappa shape index (κ2) is 3.21. The molecule has 2 N–H and O–H groups in total. The van der Waals surface area contributed by atoms with Crippen LogP contribution in [0.5, 0.6) is 0 Å². The lowest BCUT2D eigenvalue weighted by Gasteiger charge is -1.95. The van der Waals surface area contributed by atoms with Crippen molar-refractivity contribution in [2.75, 3.05) is 12.4 Å². The van der Waals surface area contributed by atoms with Gasteiger partial charge in [-0.1, -0.05) is 0 Å². The highest BCUT2D eigenvalue weighted by molar-refractivity contribution is 5.66. The van der Waals surface area contributed by atoms with E-state index in [1.807, 2.05) is 0 Å². The Morgan fingerprint density at radius 1 is 1.75 bits per heavy atom. The van der Waals surface area contributed by atoms with Crippen molar-refractivity contribution >= 4 is 11.9 Å². The predicted octanol–water partition coefficient (Wildman–Crippen LogP) is -0.287. The van der Waals surface area contributed by atoms with Gasteiger partial charge in [-0.25, -0.2) is 4.68 Å². The predicted molar refractivity (Wildman–Crippen MR) is 41.9 cm³/mol. The third kappa shape index (κ3) is 1.71. The van der Waals surface area contributed by atoms with Crippen molar-refractivity contribution in [3.05, 3.63) is 5.82 Å². The fourth-order valence-corrected chi connectivity index (χ4v) is 0.804. The van der Waals surface area contributed by atoms with Gasteiger partial charge in [-0.3, -0.25) is 4.79 Å². The van der Waals surface area contributed by atoms with Gasteiger partial charge < -0.3 is 10.4 Å². The molecule has 12 heavy (non-hydrogen) atoms. The van der Waals surface area contributed by atoms with Gasteiger partial charge in [0.25, 0.3) is 0 Å². The minimum absolute atomic E-state index is 0.152. The Bertz CT molecular complexity index is 294. The van der Waals surface area contributed by atoms with E-state index in [-0.39, 0.29) is 6.54 Å². The average Bonchev–Trinajstić information content (AvgIpc) is 2.31. The van der Waals surface area contributed by atoms with E-state index in [4.69, 9.17) is 5.11 Å². The highest BCUT2D eigenvalue weighted by Crippen LogP contribution is 2.00. The zero-order valence-corrected chi connectivity index (χ0v) is 6.90. The monoisotopic (exact) mass is 170 g/mol. The molecule has 0 atom stereocenters. The van der Waals surface area contributed by atoms with Crippen LogP contribution < -0.4 is 5.32 Å².